The molecule has 0 saturated heterocycles. The quantitative estimate of drug-likeness (QED) is 0.482. The second kappa shape index (κ2) is 4.71. The second-order valence-corrected chi connectivity index (χ2v) is 2.86. The number of carbonyl (C=O) groups is 2. The highest BCUT2D eigenvalue weighted by Crippen LogP contribution is 1.91. The molecule has 0 aliphatic rings. The molecule has 0 aromatic heterocycles. The summed E-state index contributed by atoms with van der Waals surface area (Å²) in [6.07, 6.45) is 0.206. The van der Waals surface area contributed by atoms with Crippen molar-refractivity contribution in [1.29, 1.82) is 0 Å². The first-order chi connectivity index (χ1) is 5.43. The summed E-state index contributed by atoms with van der Waals surface area (Å²) in [5, 5.41) is 2.84. The summed E-state index contributed by atoms with van der Waals surface area (Å²) in [5.74, 6) is -0.835. The van der Waals surface area contributed by atoms with Crippen LogP contribution in [0, 0.1) is 0 Å². The maximum absolute atomic E-state index is 10.6. The third-order valence-corrected chi connectivity index (χ3v) is 1.47. The van der Waals surface area contributed by atoms with E-state index < -0.39 is 17.9 Å². The topological polar surface area (TPSA) is 98.2 Å². The molecule has 5 nitrogen and oxygen atoms in total. The fourth-order valence-corrected chi connectivity index (χ4v) is 0.870. The Bertz CT molecular complexity index is 181. The number of hydrogen-bond acceptors (Lipinski definition) is 3. The summed E-state index contributed by atoms with van der Waals surface area (Å²) in [5.41, 5.74) is 9.95. The second-order valence-electron chi connectivity index (χ2n) is 2.86. The van der Waals surface area contributed by atoms with Crippen molar-refractivity contribution in [3.05, 3.63) is 0 Å². The van der Waals surface area contributed by atoms with Crippen LogP contribution in [0.2, 0.25) is 0 Å². The van der Waals surface area contributed by atoms with E-state index in [1.165, 1.54) is 0 Å². The van der Waals surface area contributed by atoms with Crippen molar-refractivity contribution in [2.24, 2.45) is 11.5 Å². The van der Waals surface area contributed by atoms with E-state index in [1.807, 2.05) is 0 Å². The number of primary amides is 2. The number of hydrogen-bond donors (Lipinski definition) is 3. The van der Waals surface area contributed by atoms with Gasteiger partial charge in [0.2, 0.25) is 11.8 Å². The average Bonchev–Trinajstić information content (AvgIpc) is 1.84. The number of nitrogens with one attached hydrogen (secondary N) is 1. The lowest BCUT2D eigenvalue weighted by Gasteiger charge is -2.15. The molecule has 12 heavy (non-hydrogen) atoms. The maximum atomic E-state index is 10.6. The van der Waals surface area contributed by atoms with E-state index in [1.54, 1.807) is 13.8 Å². The van der Waals surface area contributed by atoms with Gasteiger partial charge in [0.25, 0.3) is 0 Å². The number of carbonyl (C=O) groups excluding carboxylic acids is 2. The van der Waals surface area contributed by atoms with Crippen LogP contribution in [0.3, 0.4) is 0 Å². The van der Waals surface area contributed by atoms with Gasteiger partial charge in [0.15, 0.2) is 0 Å². The van der Waals surface area contributed by atoms with Gasteiger partial charge < -0.3 is 16.8 Å². The molecule has 5 heteroatoms. The Morgan fingerprint density at radius 3 is 2.17 bits per heavy atom. The molecule has 0 aromatic carbocycles. The highest BCUT2D eigenvalue weighted by atomic mass is 16.1. The van der Waals surface area contributed by atoms with Gasteiger partial charge in [-0.3, -0.25) is 9.59 Å². The summed E-state index contributed by atoms with van der Waals surface area (Å²) in [7, 11) is 0. The standard InChI is InChI=1S/C7H15N3O2/c1-4(3-6(8)11)10-5(2)7(9)12/h4-5,10H,3H2,1-2H3,(H2,8,11)(H2,9,12). The molecule has 0 bridgehead atoms. The molecule has 0 aromatic rings. The van der Waals surface area contributed by atoms with E-state index in [-0.39, 0.29) is 12.5 Å². The lowest BCUT2D eigenvalue weighted by molar-refractivity contribution is -0.121. The highest BCUT2D eigenvalue weighted by Gasteiger charge is 2.12. The van der Waals surface area contributed by atoms with Gasteiger partial charge in [-0.25, -0.2) is 0 Å². The molecule has 70 valence electrons. The van der Waals surface area contributed by atoms with Gasteiger partial charge in [-0.05, 0) is 13.8 Å². The predicted molar refractivity (Wildman–Crippen MR) is 45.1 cm³/mol. The summed E-state index contributed by atoms with van der Waals surface area (Å²) in [4.78, 5) is 21.0. The Morgan fingerprint density at radius 2 is 1.83 bits per heavy atom. The van der Waals surface area contributed by atoms with E-state index in [0.29, 0.717) is 0 Å². The van der Waals surface area contributed by atoms with Crippen LogP contribution >= 0.6 is 0 Å². The normalized spacial score (nSPS) is 15.2. The molecule has 0 radical (unpaired) electrons. The van der Waals surface area contributed by atoms with E-state index in [9.17, 15) is 9.59 Å². The van der Waals surface area contributed by atoms with Crippen molar-refractivity contribution in [3.8, 4) is 0 Å². The molecule has 5 N–H and O–H groups in total. The van der Waals surface area contributed by atoms with E-state index in [0.717, 1.165) is 0 Å². The summed E-state index contributed by atoms with van der Waals surface area (Å²) >= 11 is 0. The van der Waals surface area contributed by atoms with Crippen LogP contribution in [0.25, 0.3) is 0 Å². The fourth-order valence-electron chi connectivity index (χ4n) is 0.870. The van der Waals surface area contributed by atoms with Crippen LogP contribution in [-0.4, -0.2) is 23.9 Å². The molecule has 0 rings (SSSR count). The first-order valence-electron chi connectivity index (χ1n) is 3.77. The molecule has 2 unspecified atom stereocenters. The van der Waals surface area contributed by atoms with Crippen LogP contribution in [-0.2, 0) is 9.59 Å². The van der Waals surface area contributed by atoms with Crippen LogP contribution < -0.4 is 16.8 Å². The zero-order valence-electron chi connectivity index (χ0n) is 7.33. The Balaban J connectivity index is 3.76. The molecule has 0 saturated carbocycles. The van der Waals surface area contributed by atoms with Gasteiger partial charge in [0, 0.05) is 12.5 Å². The van der Waals surface area contributed by atoms with Crippen molar-refractivity contribution in [2.75, 3.05) is 0 Å². The summed E-state index contributed by atoms with van der Waals surface area (Å²) in [6, 6.07) is -0.552. The van der Waals surface area contributed by atoms with Crippen molar-refractivity contribution < 1.29 is 9.59 Å². The summed E-state index contributed by atoms with van der Waals surface area (Å²) < 4.78 is 0. The Hall–Kier alpha value is -1.10. The van der Waals surface area contributed by atoms with Crippen LogP contribution in [0.1, 0.15) is 20.3 Å². The molecular weight excluding hydrogens is 158 g/mol. The molecule has 0 fully saturated rings. The molecular formula is C7H15N3O2. The molecule has 0 aliphatic carbocycles. The number of rotatable bonds is 5. The fraction of sp³-hybridized carbons (Fsp3) is 0.714. The van der Waals surface area contributed by atoms with E-state index in [4.69, 9.17) is 11.5 Å². The van der Waals surface area contributed by atoms with Crippen molar-refractivity contribution in [1.82, 2.24) is 5.32 Å². The number of nitrogens with two attached hydrogens (primary N) is 2. The Kier molecular flexibility index (Phi) is 4.28. The third kappa shape index (κ3) is 4.68. The zero-order chi connectivity index (χ0) is 9.72. The lowest BCUT2D eigenvalue weighted by atomic mass is 10.2. The largest absolute Gasteiger partial charge is 0.370 e. The maximum Gasteiger partial charge on any atom is 0.234 e. The molecule has 2 amide bonds. The Labute approximate surface area is 71.5 Å². The van der Waals surface area contributed by atoms with Gasteiger partial charge in [-0.15, -0.1) is 0 Å². The average molecular weight is 173 g/mol. The van der Waals surface area contributed by atoms with Gasteiger partial charge in [0.1, 0.15) is 0 Å². The monoisotopic (exact) mass is 173 g/mol. The van der Waals surface area contributed by atoms with Gasteiger partial charge in [0.05, 0.1) is 6.04 Å². The van der Waals surface area contributed by atoms with Crippen molar-refractivity contribution >= 4 is 11.8 Å². The van der Waals surface area contributed by atoms with Gasteiger partial charge >= 0.3 is 0 Å². The molecule has 0 spiro atoms. The first kappa shape index (κ1) is 10.9. The predicted octanol–water partition coefficient (Wildman–Crippen LogP) is -1.29. The van der Waals surface area contributed by atoms with Crippen molar-refractivity contribution in [3.63, 3.8) is 0 Å². The van der Waals surface area contributed by atoms with Crippen molar-refractivity contribution in [2.45, 2.75) is 32.4 Å². The van der Waals surface area contributed by atoms with Gasteiger partial charge in [-0.2, -0.15) is 0 Å². The minimum absolute atomic E-state index is 0.120. The van der Waals surface area contributed by atoms with E-state index >= 15 is 0 Å². The van der Waals surface area contributed by atoms with Crippen LogP contribution in [0.15, 0.2) is 0 Å². The SMILES string of the molecule is CC(CC(N)=O)NC(C)C(N)=O. The highest BCUT2D eigenvalue weighted by molar-refractivity contribution is 5.79. The minimum Gasteiger partial charge on any atom is -0.370 e. The minimum atomic E-state index is -0.439. The number of amides is 2. The smallest absolute Gasteiger partial charge is 0.234 e. The van der Waals surface area contributed by atoms with E-state index in [2.05, 4.69) is 5.32 Å². The molecule has 0 heterocycles. The zero-order valence-corrected chi connectivity index (χ0v) is 7.33. The summed E-state index contributed by atoms with van der Waals surface area (Å²) in [6.45, 7) is 3.41. The Morgan fingerprint density at radius 1 is 1.33 bits per heavy atom. The first-order valence-corrected chi connectivity index (χ1v) is 3.77. The molecule has 2 atom stereocenters. The molecule has 0 aliphatic heterocycles. The third-order valence-electron chi connectivity index (χ3n) is 1.47. The van der Waals surface area contributed by atoms with Gasteiger partial charge in [-0.1, -0.05) is 0 Å². The lowest BCUT2D eigenvalue weighted by Crippen LogP contribution is -2.44. The van der Waals surface area contributed by atoms with Crippen LogP contribution in [0.5, 0.6) is 0 Å². The van der Waals surface area contributed by atoms with Crippen LogP contribution in [0.4, 0.5) is 0 Å².